The molecule has 2 aromatic rings. The van der Waals surface area contributed by atoms with E-state index in [1.165, 1.54) is 29.7 Å². The van der Waals surface area contributed by atoms with Gasteiger partial charge in [-0.25, -0.2) is 9.31 Å². The number of hydrogen-bond donors (Lipinski definition) is 0. The third-order valence-electron chi connectivity index (χ3n) is 4.77. The van der Waals surface area contributed by atoms with Crippen molar-refractivity contribution in [2.45, 2.75) is 51.6 Å². The van der Waals surface area contributed by atoms with Crippen LogP contribution in [0, 0.1) is 0 Å². The first kappa shape index (κ1) is 16.2. The standard InChI is InChI=1S/C20H25N3O2/c1-20(2,3)25-19(24)22-12-9-14(10-13-22)17-7-6-16-8-11-21-23(16)18(17)15-4-5-15/h6-9,11,15H,4-5,10,12-13H2,1-3H3. The molecule has 132 valence electrons. The van der Waals surface area contributed by atoms with Crippen LogP contribution in [0.3, 0.4) is 0 Å². The van der Waals surface area contributed by atoms with Gasteiger partial charge in [0.15, 0.2) is 0 Å². The largest absolute Gasteiger partial charge is 0.444 e. The molecule has 1 aliphatic carbocycles. The summed E-state index contributed by atoms with van der Waals surface area (Å²) in [6.07, 6.45) is 7.14. The van der Waals surface area contributed by atoms with Gasteiger partial charge in [0.2, 0.25) is 0 Å². The number of carbonyl (C=O) groups is 1. The highest BCUT2D eigenvalue weighted by atomic mass is 16.6. The Morgan fingerprint density at radius 1 is 1.24 bits per heavy atom. The van der Waals surface area contributed by atoms with Crippen molar-refractivity contribution in [2.75, 3.05) is 13.1 Å². The average molecular weight is 339 g/mol. The molecule has 25 heavy (non-hydrogen) atoms. The topological polar surface area (TPSA) is 46.8 Å². The molecular formula is C20H25N3O2. The van der Waals surface area contributed by atoms with Crippen LogP contribution >= 0.6 is 0 Å². The zero-order valence-electron chi connectivity index (χ0n) is 15.2. The summed E-state index contributed by atoms with van der Waals surface area (Å²) in [5.41, 5.74) is 4.64. The average Bonchev–Trinajstić information content (AvgIpc) is 3.29. The monoisotopic (exact) mass is 339 g/mol. The molecule has 0 unspecified atom stereocenters. The summed E-state index contributed by atoms with van der Waals surface area (Å²) in [7, 11) is 0. The van der Waals surface area contributed by atoms with Crippen LogP contribution < -0.4 is 0 Å². The van der Waals surface area contributed by atoms with Gasteiger partial charge >= 0.3 is 6.09 Å². The maximum absolute atomic E-state index is 12.2. The third-order valence-corrected chi connectivity index (χ3v) is 4.77. The van der Waals surface area contributed by atoms with Gasteiger partial charge in [-0.3, -0.25) is 0 Å². The Hall–Kier alpha value is -2.30. The summed E-state index contributed by atoms with van der Waals surface area (Å²) in [4.78, 5) is 14.0. The summed E-state index contributed by atoms with van der Waals surface area (Å²) in [5.74, 6) is 0.614. The van der Waals surface area contributed by atoms with E-state index >= 15 is 0 Å². The van der Waals surface area contributed by atoms with Crippen LogP contribution in [0.4, 0.5) is 4.79 Å². The number of ether oxygens (including phenoxy) is 1. The van der Waals surface area contributed by atoms with Crippen LogP contribution in [0.1, 0.15) is 57.2 Å². The highest BCUT2D eigenvalue weighted by Gasteiger charge is 2.31. The highest BCUT2D eigenvalue weighted by Crippen LogP contribution is 2.44. The Labute approximate surface area is 148 Å². The Kier molecular flexibility index (Phi) is 3.82. The van der Waals surface area contributed by atoms with Gasteiger partial charge in [0.05, 0.1) is 11.2 Å². The zero-order valence-corrected chi connectivity index (χ0v) is 15.2. The van der Waals surface area contributed by atoms with E-state index in [4.69, 9.17) is 4.74 Å². The van der Waals surface area contributed by atoms with E-state index in [0.29, 0.717) is 19.0 Å². The number of nitrogens with zero attached hydrogens (tertiary/aromatic N) is 3. The SMILES string of the molecule is CC(C)(C)OC(=O)N1CC=C(c2ccc3ccnn3c2C2CC2)CC1. The van der Waals surface area contributed by atoms with E-state index in [1.54, 1.807) is 4.90 Å². The molecule has 2 aromatic heterocycles. The zero-order chi connectivity index (χ0) is 17.6. The quantitative estimate of drug-likeness (QED) is 0.822. The molecule has 0 aromatic carbocycles. The van der Waals surface area contributed by atoms with Crippen LogP contribution in [0.5, 0.6) is 0 Å². The molecule has 0 atom stereocenters. The smallest absolute Gasteiger partial charge is 0.410 e. The number of rotatable bonds is 2. The van der Waals surface area contributed by atoms with Crippen molar-refractivity contribution in [2.24, 2.45) is 0 Å². The van der Waals surface area contributed by atoms with Crippen molar-refractivity contribution < 1.29 is 9.53 Å². The molecule has 2 aliphatic rings. The predicted octanol–water partition coefficient (Wildman–Crippen LogP) is 4.24. The van der Waals surface area contributed by atoms with Gasteiger partial charge in [0, 0.05) is 25.2 Å². The number of amides is 1. The Morgan fingerprint density at radius 3 is 2.68 bits per heavy atom. The lowest BCUT2D eigenvalue weighted by Gasteiger charge is -2.30. The number of fused-ring (bicyclic) bond motifs is 1. The molecule has 1 amide bonds. The summed E-state index contributed by atoms with van der Waals surface area (Å²) in [6, 6.07) is 6.41. The van der Waals surface area contributed by atoms with E-state index in [2.05, 4.69) is 33.9 Å². The van der Waals surface area contributed by atoms with E-state index in [9.17, 15) is 4.79 Å². The van der Waals surface area contributed by atoms with Gasteiger partial charge in [0.25, 0.3) is 0 Å². The van der Waals surface area contributed by atoms with Gasteiger partial charge in [-0.15, -0.1) is 0 Å². The van der Waals surface area contributed by atoms with E-state index in [-0.39, 0.29) is 6.09 Å². The minimum absolute atomic E-state index is 0.229. The first-order valence-corrected chi connectivity index (χ1v) is 9.06. The number of aromatic nitrogens is 2. The number of hydrogen-bond acceptors (Lipinski definition) is 3. The van der Waals surface area contributed by atoms with Gasteiger partial charge in [-0.2, -0.15) is 5.10 Å². The summed E-state index contributed by atoms with van der Waals surface area (Å²) >= 11 is 0. The summed E-state index contributed by atoms with van der Waals surface area (Å²) < 4.78 is 7.57. The highest BCUT2D eigenvalue weighted by molar-refractivity contribution is 5.74. The molecule has 0 saturated heterocycles. The maximum Gasteiger partial charge on any atom is 0.410 e. The lowest BCUT2D eigenvalue weighted by Crippen LogP contribution is -2.39. The van der Waals surface area contributed by atoms with Gasteiger partial charge < -0.3 is 9.64 Å². The van der Waals surface area contributed by atoms with Crippen molar-refractivity contribution in [1.82, 2.24) is 14.5 Å². The Morgan fingerprint density at radius 2 is 2.04 bits per heavy atom. The minimum atomic E-state index is -0.453. The molecule has 0 N–H and O–H groups in total. The molecule has 1 aliphatic heterocycles. The molecule has 0 bridgehead atoms. The van der Waals surface area contributed by atoms with Crippen LogP contribution in [-0.4, -0.2) is 39.3 Å². The number of pyridine rings is 1. The van der Waals surface area contributed by atoms with Gasteiger partial charge in [0.1, 0.15) is 5.60 Å². The molecule has 1 fully saturated rings. The summed E-state index contributed by atoms with van der Waals surface area (Å²) in [6.45, 7) is 7.00. The first-order chi connectivity index (χ1) is 11.9. The van der Waals surface area contributed by atoms with Crippen LogP contribution in [0.2, 0.25) is 0 Å². The molecule has 0 spiro atoms. The van der Waals surface area contributed by atoms with Gasteiger partial charge in [-0.1, -0.05) is 12.1 Å². The Bertz CT molecular complexity index is 840. The third kappa shape index (κ3) is 3.28. The molecular weight excluding hydrogens is 314 g/mol. The second-order valence-corrected chi connectivity index (χ2v) is 7.98. The molecule has 3 heterocycles. The molecule has 1 saturated carbocycles. The van der Waals surface area contributed by atoms with Crippen molar-refractivity contribution in [1.29, 1.82) is 0 Å². The predicted molar refractivity (Wildman–Crippen MR) is 97.6 cm³/mol. The van der Waals surface area contributed by atoms with Crippen molar-refractivity contribution in [3.63, 3.8) is 0 Å². The second-order valence-electron chi connectivity index (χ2n) is 7.98. The van der Waals surface area contributed by atoms with E-state index in [0.717, 1.165) is 11.9 Å². The fourth-order valence-corrected chi connectivity index (χ4v) is 3.44. The molecule has 5 heteroatoms. The van der Waals surface area contributed by atoms with E-state index < -0.39 is 5.60 Å². The Balaban J connectivity index is 1.59. The minimum Gasteiger partial charge on any atom is -0.444 e. The molecule has 0 radical (unpaired) electrons. The van der Waals surface area contributed by atoms with Crippen LogP contribution in [0.15, 0.2) is 30.5 Å². The second kappa shape index (κ2) is 5.90. The van der Waals surface area contributed by atoms with Crippen molar-refractivity contribution in [3.05, 3.63) is 41.7 Å². The van der Waals surface area contributed by atoms with Gasteiger partial charge in [-0.05, 0) is 63.3 Å². The molecule has 5 nitrogen and oxygen atoms in total. The molecule has 4 rings (SSSR count). The lowest BCUT2D eigenvalue weighted by molar-refractivity contribution is 0.0270. The number of carbonyl (C=O) groups excluding carboxylic acids is 1. The summed E-state index contributed by atoms with van der Waals surface area (Å²) in [5, 5.41) is 4.52. The lowest BCUT2D eigenvalue weighted by atomic mass is 9.96. The maximum atomic E-state index is 12.2. The van der Waals surface area contributed by atoms with Crippen molar-refractivity contribution >= 4 is 17.2 Å². The normalized spacial score (nSPS) is 18.4. The van der Waals surface area contributed by atoms with Crippen molar-refractivity contribution in [3.8, 4) is 0 Å². The van der Waals surface area contributed by atoms with Crippen LogP contribution in [0.25, 0.3) is 11.1 Å². The first-order valence-electron chi connectivity index (χ1n) is 9.06. The van der Waals surface area contributed by atoms with Crippen LogP contribution in [-0.2, 0) is 4.74 Å². The fraction of sp³-hybridized carbons (Fsp3) is 0.500. The fourth-order valence-electron chi connectivity index (χ4n) is 3.44. The van der Waals surface area contributed by atoms with E-state index in [1.807, 2.05) is 27.0 Å².